The summed E-state index contributed by atoms with van der Waals surface area (Å²) in [6.07, 6.45) is 2.73. The maximum absolute atomic E-state index is 11.3. The number of carboxylic acid groups (broad SMARTS) is 1. The summed E-state index contributed by atoms with van der Waals surface area (Å²) in [7, 11) is 0. The molecule has 0 aliphatic carbocycles. The molecule has 0 amide bonds. The fourth-order valence-electron chi connectivity index (χ4n) is 1.99. The van der Waals surface area contributed by atoms with E-state index in [2.05, 4.69) is 20.8 Å². The number of ether oxygens (including phenoxy) is 1. The monoisotopic (exact) mass is 258 g/mol. The predicted molar refractivity (Wildman–Crippen MR) is 70.3 cm³/mol. The molecule has 0 spiro atoms. The molecule has 0 aliphatic rings. The van der Waals surface area contributed by atoms with Crippen molar-refractivity contribution in [3.63, 3.8) is 0 Å². The third kappa shape index (κ3) is 10.1. The number of esters is 1. The SMILES string of the molecule is CC(C)CC(C)CCC(C)OC(=O)CCC(=O)O. The van der Waals surface area contributed by atoms with Crippen LogP contribution < -0.4 is 0 Å². The van der Waals surface area contributed by atoms with Gasteiger partial charge in [0.1, 0.15) is 0 Å². The summed E-state index contributed by atoms with van der Waals surface area (Å²) in [4.78, 5) is 21.6. The molecule has 0 aromatic rings. The first-order chi connectivity index (χ1) is 8.31. The highest BCUT2D eigenvalue weighted by atomic mass is 16.5. The number of carbonyl (C=O) groups excluding carboxylic acids is 1. The van der Waals surface area contributed by atoms with Gasteiger partial charge in [-0.1, -0.05) is 20.8 Å². The molecule has 0 bridgehead atoms. The average Bonchev–Trinajstić information content (AvgIpc) is 2.22. The Morgan fingerprint density at radius 3 is 2.17 bits per heavy atom. The summed E-state index contributed by atoms with van der Waals surface area (Å²) in [6.45, 7) is 8.47. The van der Waals surface area contributed by atoms with Crippen molar-refractivity contribution in [2.45, 2.75) is 65.9 Å². The standard InChI is InChI=1S/C14H26O4/c1-10(2)9-11(3)5-6-12(4)18-14(17)8-7-13(15)16/h10-12H,5-9H2,1-4H3,(H,15,16). The Kier molecular flexibility index (Phi) is 8.42. The van der Waals surface area contributed by atoms with Crippen molar-refractivity contribution in [2.24, 2.45) is 11.8 Å². The van der Waals surface area contributed by atoms with Gasteiger partial charge in [-0.25, -0.2) is 0 Å². The number of hydrogen-bond donors (Lipinski definition) is 1. The molecule has 1 N–H and O–H groups in total. The van der Waals surface area contributed by atoms with Crippen LogP contribution >= 0.6 is 0 Å². The van der Waals surface area contributed by atoms with E-state index in [1.165, 1.54) is 6.42 Å². The molecule has 0 rings (SSSR count). The number of carboxylic acids is 1. The quantitative estimate of drug-likeness (QED) is 0.645. The lowest BCUT2D eigenvalue weighted by Gasteiger charge is -2.17. The van der Waals surface area contributed by atoms with Crippen molar-refractivity contribution in [1.82, 2.24) is 0 Å². The highest BCUT2D eigenvalue weighted by Crippen LogP contribution is 2.18. The van der Waals surface area contributed by atoms with Crippen LogP contribution in [0.1, 0.15) is 59.8 Å². The molecule has 0 aliphatic heterocycles. The Balaban J connectivity index is 3.73. The molecule has 106 valence electrons. The van der Waals surface area contributed by atoms with Crippen molar-refractivity contribution in [2.75, 3.05) is 0 Å². The maximum atomic E-state index is 11.3. The zero-order valence-electron chi connectivity index (χ0n) is 11.9. The van der Waals surface area contributed by atoms with Gasteiger partial charge in [-0.05, 0) is 38.0 Å². The summed E-state index contributed by atoms with van der Waals surface area (Å²) in [6, 6.07) is 0. The van der Waals surface area contributed by atoms with Gasteiger partial charge in [0.05, 0.1) is 18.9 Å². The molecule has 2 atom stereocenters. The number of carbonyl (C=O) groups is 2. The molecule has 2 unspecified atom stereocenters. The van der Waals surface area contributed by atoms with Gasteiger partial charge in [0, 0.05) is 0 Å². The Morgan fingerprint density at radius 1 is 1.06 bits per heavy atom. The second-order valence-electron chi connectivity index (χ2n) is 5.51. The summed E-state index contributed by atoms with van der Waals surface area (Å²) < 4.78 is 5.15. The van der Waals surface area contributed by atoms with Gasteiger partial charge in [-0.3, -0.25) is 9.59 Å². The molecule has 0 aromatic heterocycles. The van der Waals surface area contributed by atoms with E-state index in [0.29, 0.717) is 11.8 Å². The lowest BCUT2D eigenvalue weighted by atomic mass is 9.94. The van der Waals surface area contributed by atoms with E-state index < -0.39 is 11.9 Å². The minimum atomic E-state index is -0.967. The van der Waals surface area contributed by atoms with Crippen LogP contribution in [-0.2, 0) is 14.3 Å². The zero-order valence-corrected chi connectivity index (χ0v) is 11.9. The molecular formula is C14H26O4. The van der Waals surface area contributed by atoms with Crippen molar-refractivity contribution < 1.29 is 19.4 Å². The second-order valence-corrected chi connectivity index (χ2v) is 5.51. The van der Waals surface area contributed by atoms with E-state index in [-0.39, 0.29) is 18.9 Å². The maximum Gasteiger partial charge on any atom is 0.306 e. The summed E-state index contributed by atoms with van der Waals surface area (Å²) in [5.74, 6) is -0.0647. The molecule has 0 aromatic carbocycles. The minimum absolute atomic E-state index is 0.0405. The molecule has 0 fully saturated rings. The average molecular weight is 258 g/mol. The Labute approximate surface area is 110 Å². The third-order valence-electron chi connectivity index (χ3n) is 2.82. The zero-order chi connectivity index (χ0) is 14.1. The molecule has 0 saturated heterocycles. The largest absolute Gasteiger partial charge is 0.481 e. The minimum Gasteiger partial charge on any atom is -0.481 e. The van der Waals surface area contributed by atoms with Crippen LogP contribution in [0.3, 0.4) is 0 Å². The van der Waals surface area contributed by atoms with Gasteiger partial charge in [0.25, 0.3) is 0 Å². The van der Waals surface area contributed by atoms with Crippen molar-refractivity contribution >= 4 is 11.9 Å². The molecule has 4 heteroatoms. The highest BCUT2D eigenvalue weighted by molar-refractivity contribution is 5.76. The normalized spacial score (nSPS) is 14.3. The molecule has 18 heavy (non-hydrogen) atoms. The van der Waals surface area contributed by atoms with Crippen LogP contribution in [0.25, 0.3) is 0 Å². The Bertz CT molecular complexity index is 261. The van der Waals surface area contributed by atoms with Gasteiger partial charge in [-0.2, -0.15) is 0 Å². The van der Waals surface area contributed by atoms with Gasteiger partial charge < -0.3 is 9.84 Å². The number of hydrogen-bond acceptors (Lipinski definition) is 3. The van der Waals surface area contributed by atoms with Crippen LogP contribution in [-0.4, -0.2) is 23.1 Å². The van der Waals surface area contributed by atoms with E-state index in [1.54, 1.807) is 0 Å². The molecule has 0 saturated carbocycles. The fraction of sp³-hybridized carbons (Fsp3) is 0.857. The molecule has 4 nitrogen and oxygen atoms in total. The van der Waals surface area contributed by atoms with E-state index in [1.807, 2.05) is 6.92 Å². The van der Waals surface area contributed by atoms with Crippen LogP contribution in [0.2, 0.25) is 0 Å². The first-order valence-electron chi connectivity index (χ1n) is 6.72. The van der Waals surface area contributed by atoms with Gasteiger partial charge in [-0.15, -0.1) is 0 Å². The highest BCUT2D eigenvalue weighted by Gasteiger charge is 2.13. The summed E-state index contributed by atoms with van der Waals surface area (Å²) in [5, 5.41) is 8.45. The predicted octanol–water partition coefficient (Wildman–Crippen LogP) is 3.25. The first kappa shape index (κ1) is 16.9. The smallest absolute Gasteiger partial charge is 0.306 e. The Morgan fingerprint density at radius 2 is 1.67 bits per heavy atom. The lowest BCUT2D eigenvalue weighted by Crippen LogP contribution is -2.17. The van der Waals surface area contributed by atoms with E-state index in [9.17, 15) is 9.59 Å². The molecule has 0 radical (unpaired) electrons. The third-order valence-corrected chi connectivity index (χ3v) is 2.82. The Hall–Kier alpha value is -1.06. The topological polar surface area (TPSA) is 63.6 Å². The molecule has 0 heterocycles. The van der Waals surface area contributed by atoms with Crippen molar-refractivity contribution in [3.8, 4) is 0 Å². The van der Waals surface area contributed by atoms with E-state index in [0.717, 1.165) is 12.8 Å². The van der Waals surface area contributed by atoms with Gasteiger partial charge >= 0.3 is 11.9 Å². The van der Waals surface area contributed by atoms with E-state index in [4.69, 9.17) is 9.84 Å². The number of aliphatic carboxylic acids is 1. The van der Waals surface area contributed by atoms with Crippen LogP contribution in [0.15, 0.2) is 0 Å². The van der Waals surface area contributed by atoms with Crippen molar-refractivity contribution in [3.05, 3.63) is 0 Å². The van der Waals surface area contributed by atoms with Gasteiger partial charge in [0.15, 0.2) is 0 Å². The second kappa shape index (κ2) is 8.95. The fourth-order valence-corrected chi connectivity index (χ4v) is 1.99. The first-order valence-corrected chi connectivity index (χ1v) is 6.72. The van der Waals surface area contributed by atoms with E-state index >= 15 is 0 Å². The number of rotatable bonds is 9. The van der Waals surface area contributed by atoms with Gasteiger partial charge in [0.2, 0.25) is 0 Å². The van der Waals surface area contributed by atoms with Crippen LogP contribution in [0, 0.1) is 11.8 Å². The van der Waals surface area contributed by atoms with Crippen LogP contribution in [0.5, 0.6) is 0 Å². The molecular weight excluding hydrogens is 232 g/mol. The summed E-state index contributed by atoms with van der Waals surface area (Å²) in [5.41, 5.74) is 0. The van der Waals surface area contributed by atoms with Crippen molar-refractivity contribution in [1.29, 1.82) is 0 Å². The summed E-state index contributed by atoms with van der Waals surface area (Å²) >= 11 is 0. The van der Waals surface area contributed by atoms with Crippen LogP contribution in [0.4, 0.5) is 0 Å². The lowest BCUT2D eigenvalue weighted by molar-refractivity contribution is -0.151.